The Bertz CT molecular complexity index is 476. The maximum absolute atomic E-state index is 12.6. The summed E-state index contributed by atoms with van der Waals surface area (Å²) in [5.74, 6) is -0.798. The summed E-state index contributed by atoms with van der Waals surface area (Å²) in [5, 5.41) is 8.93. The van der Waals surface area contributed by atoms with E-state index in [1.807, 2.05) is 0 Å². The molecular formula is C14H19NO5. The second-order valence-corrected chi connectivity index (χ2v) is 4.46. The zero-order valence-corrected chi connectivity index (χ0v) is 12.0. The van der Waals surface area contributed by atoms with Crippen LogP contribution in [0.3, 0.4) is 0 Å². The van der Waals surface area contributed by atoms with Crippen LogP contribution in [0.5, 0.6) is 11.5 Å². The van der Waals surface area contributed by atoms with Gasteiger partial charge in [0, 0.05) is 6.04 Å². The van der Waals surface area contributed by atoms with Crippen molar-refractivity contribution in [3.05, 3.63) is 23.8 Å². The van der Waals surface area contributed by atoms with E-state index in [4.69, 9.17) is 14.6 Å². The molecule has 0 aliphatic carbocycles. The third kappa shape index (κ3) is 3.40. The van der Waals surface area contributed by atoms with Crippen LogP contribution in [0.2, 0.25) is 0 Å². The Kier molecular flexibility index (Phi) is 5.37. The average Bonchev–Trinajstić information content (AvgIpc) is 2.42. The molecule has 0 aliphatic rings. The van der Waals surface area contributed by atoms with Crippen molar-refractivity contribution in [3.63, 3.8) is 0 Å². The summed E-state index contributed by atoms with van der Waals surface area (Å²) < 4.78 is 10.3. The fourth-order valence-electron chi connectivity index (χ4n) is 1.84. The normalized spacial score (nSPS) is 10.2. The lowest BCUT2D eigenvalue weighted by atomic mass is 10.1. The number of carboxylic acid groups (broad SMARTS) is 1. The van der Waals surface area contributed by atoms with Gasteiger partial charge in [0.15, 0.2) is 0 Å². The molecule has 1 aromatic carbocycles. The number of hydrogen-bond acceptors (Lipinski definition) is 4. The molecule has 0 bridgehead atoms. The molecule has 0 aliphatic heterocycles. The number of benzene rings is 1. The highest BCUT2D eigenvalue weighted by molar-refractivity contribution is 6.01. The number of nitrogens with zero attached hydrogens (tertiary/aromatic N) is 1. The number of hydrogen-bond donors (Lipinski definition) is 1. The van der Waals surface area contributed by atoms with E-state index in [0.29, 0.717) is 11.5 Å². The van der Waals surface area contributed by atoms with E-state index in [0.717, 1.165) is 0 Å². The second kappa shape index (κ2) is 6.79. The molecule has 0 saturated carbocycles. The summed E-state index contributed by atoms with van der Waals surface area (Å²) in [6.45, 7) is 3.13. The van der Waals surface area contributed by atoms with E-state index >= 15 is 0 Å². The van der Waals surface area contributed by atoms with Crippen LogP contribution in [0, 0.1) is 0 Å². The van der Waals surface area contributed by atoms with E-state index in [1.165, 1.54) is 19.1 Å². The molecule has 0 fully saturated rings. The number of aliphatic carboxylic acids is 1. The Hall–Kier alpha value is -2.24. The number of amides is 1. The molecule has 0 atom stereocenters. The van der Waals surface area contributed by atoms with Gasteiger partial charge in [0.05, 0.1) is 14.2 Å². The third-order valence-electron chi connectivity index (χ3n) is 2.83. The first-order valence-electron chi connectivity index (χ1n) is 6.16. The number of carbonyl (C=O) groups is 2. The molecule has 0 heterocycles. The molecule has 0 radical (unpaired) electrons. The van der Waals surface area contributed by atoms with Crippen LogP contribution in [-0.2, 0) is 4.79 Å². The first-order chi connectivity index (χ1) is 9.42. The zero-order valence-electron chi connectivity index (χ0n) is 12.0. The quantitative estimate of drug-likeness (QED) is 0.857. The van der Waals surface area contributed by atoms with Crippen LogP contribution in [0.4, 0.5) is 0 Å². The Balaban J connectivity index is 3.26. The van der Waals surface area contributed by atoms with Crippen molar-refractivity contribution in [1.82, 2.24) is 4.90 Å². The molecular weight excluding hydrogens is 262 g/mol. The van der Waals surface area contributed by atoms with Crippen molar-refractivity contribution < 1.29 is 24.2 Å². The van der Waals surface area contributed by atoms with Gasteiger partial charge in [-0.25, -0.2) is 0 Å². The number of rotatable bonds is 6. The van der Waals surface area contributed by atoms with Crippen LogP contribution in [-0.4, -0.2) is 48.7 Å². The molecule has 1 aromatic rings. The molecule has 1 N–H and O–H groups in total. The van der Waals surface area contributed by atoms with Gasteiger partial charge in [-0.1, -0.05) is 6.07 Å². The Labute approximate surface area is 117 Å². The predicted molar refractivity (Wildman–Crippen MR) is 73.4 cm³/mol. The standard InChI is InChI=1S/C14H19NO5/c1-9(2)15(8-12(16)17)14(18)13-10(19-3)6-5-7-11(13)20-4/h5-7,9H,8H2,1-4H3,(H,16,17). The Morgan fingerprint density at radius 1 is 1.20 bits per heavy atom. The van der Waals surface area contributed by atoms with E-state index in [9.17, 15) is 9.59 Å². The van der Waals surface area contributed by atoms with Gasteiger partial charge in [-0.3, -0.25) is 9.59 Å². The van der Waals surface area contributed by atoms with E-state index in [1.54, 1.807) is 32.0 Å². The van der Waals surface area contributed by atoms with Crippen LogP contribution in [0.1, 0.15) is 24.2 Å². The first kappa shape index (κ1) is 15.8. The molecule has 0 spiro atoms. The maximum Gasteiger partial charge on any atom is 0.323 e. The minimum Gasteiger partial charge on any atom is -0.496 e. The first-order valence-corrected chi connectivity index (χ1v) is 6.16. The van der Waals surface area contributed by atoms with E-state index in [2.05, 4.69) is 0 Å². The predicted octanol–water partition coefficient (Wildman–Crippen LogP) is 1.64. The summed E-state index contributed by atoms with van der Waals surface area (Å²) in [7, 11) is 2.89. The largest absolute Gasteiger partial charge is 0.496 e. The van der Waals surface area contributed by atoms with Crippen LogP contribution >= 0.6 is 0 Å². The van der Waals surface area contributed by atoms with Crippen molar-refractivity contribution >= 4 is 11.9 Å². The molecule has 0 aromatic heterocycles. The van der Waals surface area contributed by atoms with Crippen molar-refractivity contribution in [1.29, 1.82) is 0 Å². The SMILES string of the molecule is COc1cccc(OC)c1C(=O)N(CC(=O)O)C(C)C. The lowest BCUT2D eigenvalue weighted by Crippen LogP contribution is -2.41. The van der Waals surface area contributed by atoms with Gasteiger partial charge in [-0.05, 0) is 26.0 Å². The Morgan fingerprint density at radius 2 is 1.70 bits per heavy atom. The molecule has 20 heavy (non-hydrogen) atoms. The maximum atomic E-state index is 12.6. The van der Waals surface area contributed by atoms with Gasteiger partial charge in [-0.2, -0.15) is 0 Å². The lowest BCUT2D eigenvalue weighted by molar-refractivity contribution is -0.138. The number of methoxy groups -OCH3 is 2. The lowest BCUT2D eigenvalue weighted by Gasteiger charge is -2.26. The summed E-state index contributed by atoms with van der Waals surface area (Å²) in [6, 6.07) is 4.71. The molecule has 6 nitrogen and oxygen atoms in total. The monoisotopic (exact) mass is 281 g/mol. The van der Waals surface area contributed by atoms with Crippen molar-refractivity contribution in [2.24, 2.45) is 0 Å². The Morgan fingerprint density at radius 3 is 2.05 bits per heavy atom. The fraction of sp³-hybridized carbons (Fsp3) is 0.429. The molecule has 1 amide bonds. The molecule has 0 saturated heterocycles. The highest BCUT2D eigenvalue weighted by Gasteiger charge is 2.27. The molecule has 0 unspecified atom stereocenters. The highest BCUT2D eigenvalue weighted by atomic mass is 16.5. The van der Waals surface area contributed by atoms with Gasteiger partial charge in [0.25, 0.3) is 5.91 Å². The second-order valence-electron chi connectivity index (χ2n) is 4.46. The summed E-state index contributed by atoms with van der Waals surface area (Å²) in [4.78, 5) is 24.7. The van der Waals surface area contributed by atoms with Crippen molar-refractivity contribution in [3.8, 4) is 11.5 Å². The summed E-state index contributed by atoms with van der Waals surface area (Å²) >= 11 is 0. The van der Waals surface area contributed by atoms with Gasteiger partial charge in [0.1, 0.15) is 23.6 Å². The van der Waals surface area contributed by atoms with Gasteiger partial charge in [-0.15, -0.1) is 0 Å². The highest BCUT2D eigenvalue weighted by Crippen LogP contribution is 2.30. The number of ether oxygens (including phenoxy) is 2. The summed E-state index contributed by atoms with van der Waals surface area (Å²) in [5.41, 5.74) is 0.229. The van der Waals surface area contributed by atoms with Crippen LogP contribution in [0.25, 0.3) is 0 Å². The van der Waals surface area contributed by atoms with Gasteiger partial charge >= 0.3 is 5.97 Å². The summed E-state index contributed by atoms with van der Waals surface area (Å²) in [6.07, 6.45) is 0. The van der Waals surface area contributed by atoms with Gasteiger partial charge in [0.2, 0.25) is 0 Å². The fourth-order valence-corrected chi connectivity index (χ4v) is 1.84. The minimum atomic E-state index is -1.07. The van der Waals surface area contributed by atoms with Crippen LogP contribution in [0.15, 0.2) is 18.2 Å². The van der Waals surface area contributed by atoms with Crippen LogP contribution < -0.4 is 9.47 Å². The van der Waals surface area contributed by atoms with E-state index in [-0.39, 0.29) is 18.2 Å². The van der Waals surface area contributed by atoms with Crippen molar-refractivity contribution in [2.45, 2.75) is 19.9 Å². The zero-order chi connectivity index (χ0) is 15.3. The van der Waals surface area contributed by atoms with E-state index < -0.39 is 11.9 Å². The minimum absolute atomic E-state index is 0.229. The number of carbonyl (C=O) groups excluding carboxylic acids is 1. The van der Waals surface area contributed by atoms with Crippen molar-refractivity contribution in [2.75, 3.05) is 20.8 Å². The van der Waals surface area contributed by atoms with Gasteiger partial charge < -0.3 is 19.5 Å². The third-order valence-corrected chi connectivity index (χ3v) is 2.83. The smallest absolute Gasteiger partial charge is 0.323 e. The topological polar surface area (TPSA) is 76.1 Å². The molecule has 110 valence electrons. The molecule has 6 heteroatoms. The number of carboxylic acids is 1. The average molecular weight is 281 g/mol. The molecule has 1 rings (SSSR count).